The van der Waals surface area contributed by atoms with Gasteiger partial charge in [0.15, 0.2) is 0 Å². The fourth-order valence-corrected chi connectivity index (χ4v) is 2.13. The number of aryl methyl sites for hydroxylation is 1. The zero-order valence-electron chi connectivity index (χ0n) is 10.2. The van der Waals surface area contributed by atoms with E-state index in [0.29, 0.717) is 12.1 Å². The molecule has 0 bridgehead atoms. The van der Waals surface area contributed by atoms with E-state index in [2.05, 4.69) is 34.3 Å². The van der Waals surface area contributed by atoms with Gasteiger partial charge in [0.25, 0.3) is 0 Å². The molecule has 2 atom stereocenters. The first-order valence-corrected chi connectivity index (χ1v) is 5.98. The lowest BCUT2D eigenvalue weighted by molar-refractivity contribution is 0.0972. The minimum atomic E-state index is 0.515. The van der Waals surface area contributed by atoms with Gasteiger partial charge < -0.3 is 9.73 Å². The molecule has 2 rings (SSSR count). The molecule has 16 heavy (non-hydrogen) atoms. The average Bonchev–Trinajstić information content (AvgIpc) is 2.71. The first-order chi connectivity index (χ1) is 7.70. The third-order valence-electron chi connectivity index (χ3n) is 3.14. The Balaban J connectivity index is 2.01. The van der Waals surface area contributed by atoms with Crippen LogP contribution in [0.2, 0.25) is 0 Å². The lowest BCUT2D eigenvalue weighted by Crippen LogP contribution is -2.54. The summed E-state index contributed by atoms with van der Waals surface area (Å²) in [5, 5.41) is 11.5. The highest BCUT2D eigenvalue weighted by molar-refractivity contribution is 4.88. The molecule has 0 aromatic carbocycles. The van der Waals surface area contributed by atoms with E-state index >= 15 is 0 Å². The number of nitrogens with zero attached hydrogens (tertiary/aromatic N) is 3. The number of rotatable bonds is 3. The van der Waals surface area contributed by atoms with Crippen LogP contribution in [0, 0.1) is 0 Å². The third kappa shape index (κ3) is 2.41. The highest BCUT2D eigenvalue weighted by Crippen LogP contribution is 2.14. The van der Waals surface area contributed by atoms with Crippen LogP contribution >= 0.6 is 0 Å². The highest BCUT2D eigenvalue weighted by atomic mass is 16.4. The van der Waals surface area contributed by atoms with Crippen LogP contribution in [-0.4, -0.2) is 40.3 Å². The molecule has 5 heteroatoms. The number of nitrogens with one attached hydrogen (secondary N) is 1. The average molecular weight is 224 g/mol. The molecule has 1 N–H and O–H groups in total. The molecule has 0 aliphatic carbocycles. The number of piperazine rings is 1. The number of aromatic nitrogens is 2. The van der Waals surface area contributed by atoms with Crippen molar-refractivity contribution in [3.05, 3.63) is 11.8 Å². The van der Waals surface area contributed by atoms with Crippen LogP contribution < -0.4 is 5.32 Å². The van der Waals surface area contributed by atoms with Crippen LogP contribution in [0.1, 0.15) is 32.6 Å². The summed E-state index contributed by atoms with van der Waals surface area (Å²) in [6.07, 6.45) is 0.805. The van der Waals surface area contributed by atoms with Crippen LogP contribution in [0.5, 0.6) is 0 Å². The van der Waals surface area contributed by atoms with E-state index in [-0.39, 0.29) is 0 Å². The van der Waals surface area contributed by atoms with Crippen molar-refractivity contribution in [1.82, 2.24) is 20.4 Å². The molecule has 1 aliphatic rings. The SMILES string of the molecule is CCc1nnc(CN2C(C)CNCC2C)o1. The first-order valence-electron chi connectivity index (χ1n) is 5.98. The molecule has 1 aliphatic heterocycles. The highest BCUT2D eigenvalue weighted by Gasteiger charge is 2.25. The predicted molar refractivity (Wildman–Crippen MR) is 61.0 cm³/mol. The van der Waals surface area contributed by atoms with Gasteiger partial charge in [-0.1, -0.05) is 6.92 Å². The fraction of sp³-hybridized carbons (Fsp3) is 0.818. The van der Waals surface area contributed by atoms with Crippen molar-refractivity contribution in [3.8, 4) is 0 Å². The van der Waals surface area contributed by atoms with Crippen LogP contribution in [0.15, 0.2) is 4.42 Å². The molecular formula is C11H20N4O. The maximum absolute atomic E-state index is 5.55. The minimum Gasteiger partial charge on any atom is -0.424 e. The third-order valence-corrected chi connectivity index (χ3v) is 3.14. The first kappa shape index (κ1) is 11.5. The molecule has 2 unspecified atom stereocenters. The lowest BCUT2D eigenvalue weighted by Gasteiger charge is -2.38. The van der Waals surface area contributed by atoms with Gasteiger partial charge in [0.1, 0.15) is 0 Å². The van der Waals surface area contributed by atoms with Gasteiger partial charge in [-0.3, -0.25) is 4.90 Å². The quantitative estimate of drug-likeness (QED) is 0.823. The maximum atomic E-state index is 5.55. The molecule has 0 radical (unpaired) electrons. The van der Waals surface area contributed by atoms with Gasteiger partial charge in [-0.15, -0.1) is 10.2 Å². The van der Waals surface area contributed by atoms with Gasteiger partial charge in [-0.25, -0.2) is 0 Å². The van der Waals surface area contributed by atoms with Crippen LogP contribution in [0.25, 0.3) is 0 Å². The van der Waals surface area contributed by atoms with Crippen molar-refractivity contribution in [1.29, 1.82) is 0 Å². The van der Waals surface area contributed by atoms with Crippen molar-refractivity contribution in [2.45, 2.75) is 45.8 Å². The largest absolute Gasteiger partial charge is 0.424 e. The standard InChI is InChI=1S/C11H20N4O/c1-4-10-13-14-11(16-10)7-15-8(2)5-12-6-9(15)3/h8-9,12H,4-7H2,1-3H3. The molecule has 1 aromatic heterocycles. The van der Waals surface area contributed by atoms with Gasteiger partial charge in [0.05, 0.1) is 6.54 Å². The molecule has 1 fully saturated rings. The summed E-state index contributed by atoms with van der Waals surface area (Å²) in [4.78, 5) is 2.41. The van der Waals surface area contributed by atoms with Crippen LogP contribution in [-0.2, 0) is 13.0 Å². The Bertz CT molecular complexity index is 328. The second kappa shape index (κ2) is 4.93. The molecule has 90 valence electrons. The Hall–Kier alpha value is -0.940. The second-order valence-corrected chi connectivity index (χ2v) is 4.47. The lowest BCUT2D eigenvalue weighted by atomic mass is 10.1. The van der Waals surface area contributed by atoms with E-state index in [1.807, 2.05) is 6.92 Å². The summed E-state index contributed by atoms with van der Waals surface area (Å²) in [7, 11) is 0. The minimum absolute atomic E-state index is 0.515. The summed E-state index contributed by atoms with van der Waals surface area (Å²) < 4.78 is 5.55. The normalized spacial score (nSPS) is 27.2. The van der Waals surface area contributed by atoms with E-state index in [0.717, 1.165) is 37.8 Å². The second-order valence-electron chi connectivity index (χ2n) is 4.47. The molecule has 5 nitrogen and oxygen atoms in total. The maximum Gasteiger partial charge on any atom is 0.230 e. The Morgan fingerprint density at radius 2 is 1.88 bits per heavy atom. The van der Waals surface area contributed by atoms with Gasteiger partial charge in [0.2, 0.25) is 11.8 Å². The summed E-state index contributed by atoms with van der Waals surface area (Å²) >= 11 is 0. The van der Waals surface area contributed by atoms with Crippen molar-refractivity contribution >= 4 is 0 Å². The van der Waals surface area contributed by atoms with E-state index in [4.69, 9.17) is 4.42 Å². The molecular weight excluding hydrogens is 204 g/mol. The van der Waals surface area contributed by atoms with Gasteiger partial charge >= 0.3 is 0 Å². The Morgan fingerprint density at radius 3 is 2.44 bits per heavy atom. The van der Waals surface area contributed by atoms with E-state index in [1.54, 1.807) is 0 Å². The van der Waals surface area contributed by atoms with Crippen molar-refractivity contribution in [3.63, 3.8) is 0 Å². The summed E-state index contributed by atoms with van der Waals surface area (Å²) in [6.45, 7) is 9.28. The predicted octanol–water partition coefficient (Wildman–Crippen LogP) is 0.814. The Kier molecular flexibility index (Phi) is 3.56. The van der Waals surface area contributed by atoms with Crippen LogP contribution in [0.4, 0.5) is 0 Å². The van der Waals surface area contributed by atoms with Gasteiger partial charge in [-0.05, 0) is 13.8 Å². The van der Waals surface area contributed by atoms with Crippen molar-refractivity contribution in [2.24, 2.45) is 0 Å². The molecule has 1 aromatic rings. The Morgan fingerprint density at radius 1 is 1.25 bits per heavy atom. The van der Waals surface area contributed by atoms with Crippen LogP contribution in [0.3, 0.4) is 0 Å². The zero-order valence-corrected chi connectivity index (χ0v) is 10.2. The smallest absolute Gasteiger partial charge is 0.230 e. The molecule has 1 saturated heterocycles. The summed E-state index contributed by atoms with van der Waals surface area (Å²) in [5.74, 6) is 1.46. The zero-order chi connectivity index (χ0) is 11.5. The van der Waals surface area contributed by atoms with E-state index in [9.17, 15) is 0 Å². The number of hydrogen-bond donors (Lipinski definition) is 1. The van der Waals surface area contributed by atoms with Crippen molar-refractivity contribution < 1.29 is 4.42 Å². The van der Waals surface area contributed by atoms with E-state index in [1.165, 1.54) is 0 Å². The van der Waals surface area contributed by atoms with E-state index < -0.39 is 0 Å². The van der Waals surface area contributed by atoms with Crippen molar-refractivity contribution in [2.75, 3.05) is 13.1 Å². The molecule has 0 amide bonds. The summed E-state index contributed by atoms with van der Waals surface area (Å²) in [5.41, 5.74) is 0. The topological polar surface area (TPSA) is 54.2 Å². The summed E-state index contributed by atoms with van der Waals surface area (Å²) in [6, 6.07) is 1.03. The monoisotopic (exact) mass is 224 g/mol. The van der Waals surface area contributed by atoms with Gasteiger partial charge in [-0.2, -0.15) is 0 Å². The fourth-order valence-electron chi connectivity index (χ4n) is 2.13. The molecule has 2 heterocycles. The Labute approximate surface area is 96.2 Å². The molecule has 0 saturated carbocycles. The molecule has 0 spiro atoms. The number of hydrogen-bond acceptors (Lipinski definition) is 5. The van der Waals surface area contributed by atoms with Gasteiger partial charge in [0, 0.05) is 31.6 Å².